The molecule has 1 saturated heterocycles. The number of nitrogens with one attached hydrogen (secondary N) is 3. The molecular weight excluding hydrogens is 440 g/mol. The molecule has 7 heteroatoms. The van der Waals surface area contributed by atoms with Crippen molar-refractivity contribution in [3.05, 3.63) is 95.6 Å². The summed E-state index contributed by atoms with van der Waals surface area (Å²) in [5, 5.41) is 8.78. The van der Waals surface area contributed by atoms with Crippen molar-refractivity contribution in [2.24, 2.45) is 0 Å². The molecule has 4 rings (SSSR count). The first-order valence-electron chi connectivity index (χ1n) is 11.9. The molecule has 1 aliphatic heterocycles. The summed E-state index contributed by atoms with van der Waals surface area (Å²) in [6.07, 6.45) is 3.25. The molecule has 0 spiro atoms. The van der Waals surface area contributed by atoms with Crippen LogP contribution in [0.25, 0.3) is 0 Å². The number of carbonyl (C=O) groups is 3. The van der Waals surface area contributed by atoms with E-state index in [-0.39, 0.29) is 24.3 Å². The van der Waals surface area contributed by atoms with E-state index in [1.807, 2.05) is 47.4 Å². The van der Waals surface area contributed by atoms with Crippen LogP contribution in [0.3, 0.4) is 0 Å². The maximum Gasteiger partial charge on any atom is 0.253 e. The molecule has 0 unspecified atom stereocenters. The Kier molecular flexibility index (Phi) is 8.12. The first kappa shape index (κ1) is 24.0. The van der Waals surface area contributed by atoms with Gasteiger partial charge in [0.05, 0.1) is 6.54 Å². The Morgan fingerprint density at radius 3 is 2.20 bits per heavy atom. The van der Waals surface area contributed by atoms with Gasteiger partial charge in [-0.25, -0.2) is 0 Å². The van der Waals surface area contributed by atoms with E-state index in [0.29, 0.717) is 29.0 Å². The number of hydrogen-bond acceptors (Lipinski definition) is 4. The molecule has 3 N–H and O–H groups in total. The molecule has 3 aromatic carbocycles. The van der Waals surface area contributed by atoms with E-state index in [2.05, 4.69) is 16.0 Å². The van der Waals surface area contributed by atoms with Crippen molar-refractivity contribution in [2.45, 2.75) is 25.8 Å². The van der Waals surface area contributed by atoms with E-state index in [1.165, 1.54) is 6.42 Å². The highest BCUT2D eigenvalue weighted by Gasteiger charge is 2.18. The predicted molar refractivity (Wildman–Crippen MR) is 137 cm³/mol. The van der Waals surface area contributed by atoms with E-state index >= 15 is 0 Å². The Hall–Kier alpha value is -4.13. The normalized spacial score (nSPS) is 13.1. The van der Waals surface area contributed by atoms with Gasteiger partial charge in [-0.15, -0.1) is 0 Å². The van der Waals surface area contributed by atoms with Crippen LogP contribution < -0.4 is 16.0 Å². The molecule has 0 radical (unpaired) electrons. The smallest absolute Gasteiger partial charge is 0.253 e. The molecule has 3 aromatic rings. The molecule has 0 saturated carbocycles. The Bertz CT molecular complexity index is 1170. The van der Waals surface area contributed by atoms with Crippen molar-refractivity contribution in [1.82, 2.24) is 10.2 Å². The fourth-order valence-corrected chi connectivity index (χ4v) is 4.05. The maximum atomic E-state index is 12.7. The van der Waals surface area contributed by atoms with Crippen LogP contribution in [0.5, 0.6) is 0 Å². The molecule has 0 aromatic heterocycles. The summed E-state index contributed by atoms with van der Waals surface area (Å²) in [6.45, 7) is 2.05. The number of nitrogens with zero attached hydrogens (tertiary/aromatic N) is 1. The van der Waals surface area contributed by atoms with E-state index in [4.69, 9.17) is 0 Å². The number of carbonyl (C=O) groups excluding carboxylic acids is 3. The van der Waals surface area contributed by atoms with E-state index < -0.39 is 0 Å². The lowest BCUT2D eigenvalue weighted by molar-refractivity contribution is -0.114. The van der Waals surface area contributed by atoms with Gasteiger partial charge in [0.2, 0.25) is 5.91 Å². The third-order valence-corrected chi connectivity index (χ3v) is 5.91. The minimum Gasteiger partial charge on any atom is -0.376 e. The second-order valence-electron chi connectivity index (χ2n) is 8.58. The van der Waals surface area contributed by atoms with Crippen LogP contribution in [-0.2, 0) is 11.3 Å². The highest BCUT2D eigenvalue weighted by Crippen LogP contribution is 2.17. The zero-order chi connectivity index (χ0) is 24.5. The van der Waals surface area contributed by atoms with E-state index in [0.717, 1.165) is 31.5 Å². The van der Waals surface area contributed by atoms with Gasteiger partial charge in [0, 0.05) is 42.1 Å². The van der Waals surface area contributed by atoms with Crippen molar-refractivity contribution in [2.75, 3.05) is 30.3 Å². The Labute approximate surface area is 205 Å². The van der Waals surface area contributed by atoms with Crippen LogP contribution in [0.4, 0.5) is 11.4 Å². The van der Waals surface area contributed by atoms with Crippen molar-refractivity contribution < 1.29 is 14.4 Å². The van der Waals surface area contributed by atoms with Gasteiger partial charge in [0.25, 0.3) is 11.8 Å². The number of amides is 3. The first-order chi connectivity index (χ1) is 17.1. The number of rotatable bonds is 8. The molecule has 3 amide bonds. The van der Waals surface area contributed by atoms with Crippen LogP contribution in [0.15, 0.2) is 78.9 Å². The number of likely N-dealkylation sites (tertiary alicyclic amines) is 1. The lowest BCUT2D eigenvalue weighted by atomic mass is 10.1. The highest BCUT2D eigenvalue weighted by molar-refractivity contribution is 5.98. The van der Waals surface area contributed by atoms with Crippen LogP contribution in [0.1, 0.15) is 45.5 Å². The zero-order valence-corrected chi connectivity index (χ0v) is 19.6. The fourth-order valence-electron chi connectivity index (χ4n) is 4.05. The molecule has 180 valence electrons. The lowest BCUT2D eigenvalue weighted by Crippen LogP contribution is -2.35. The van der Waals surface area contributed by atoms with Crippen molar-refractivity contribution in [3.63, 3.8) is 0 Å². The van der Waals surface area contributed by atoms with Crippen LogP contribution >= 0.6 is 0 Å². The third-order valence-electron chi connectivity index (χ3n) is 5.91. The van der Waals surface area contributed by atoms with E-state index in [1.54, 1.807) is 36.4 Å². The second kappa shape index (κ2) is 11.8. The molecule has 1 aliphatic rings. The van der Waals surface area contributed by atoms with Crippen LogP contribution in [0.2, 0.25) is 0 Å². The van der Waals surface area contributed by atoms with Crippen LogP contribution in [-0.4, -0.2) is 42.3 Å². The van der Waals surface area contributed by atoms with Gasteiger partial charge in [0.15, 0.2) is 0 Å². The van der Waals surface area contributed by atoms with Gasteiger partial charge in [-0.2, -0.15) is 0 Å². The summed E-state index contributed by atoms with van der Waals surface area (Å²) in [6, 6.07) is 23.7. The Balaban J connectivity index is 1.29. The molecule has 0 bridgehead atoms. The van der Waals surface area contributed by atoms with Gasteiger partial charge >= 0.3 is 0 Å². The summed E-state index contributed by atoms with van der Waals surface area (Å²) in [4.78, 5) is 39.6. The summed E-state index contributed by atoms with van der Waals surface area (Å²) in [7, 11) is 0. The summed E-state index contributed by atoms with van der Waals surface area (Å²) in [5.41, 5.74) is 3.34. The molecule has 0 atom stereocenters. The largest absolute Gasteiger partial charge is 0.376 e. The predicted octanol–water partition coefficient (Wildman–Crippen LogP) is 4.29. The molecule has 1 heterocycles. The Morgan fingerprint density at radius 2 is 1.43 bits per heavy atom. The summed E-state index contributed by atoms with van der Waals surface area (Å²) < 4.78 is 0. The molecule has 1 fully saturated rings. The van der Waals surface area contributed by atoms with Gasteiger partial charge < -0.3 is 20.9 Å². The molecular formula is C28H30N4O3. The first-order valence-corrected chi connectivity index (χ1v) is 11.9. The van der Waals surface area contributed by atoms with Gasteiger partial charge in [-0.3, -0.25) is 14.4 Å². The minimum atomic E-state index is -0.250. The van der Waals surface area contributed by atoms with Crippen molar-refractivity contribution >= 4 is 29.1 Å². The SMILES string of the molecule is O=C(CNc1cccc(C(=O)N2CCCCC2)c1)Nc1cccc(C(=O)NCc2ccccc2)c1. The topological polar surface area (TPSA) is 90.5 Å². The average Bonchev–Trinajstić information content (AvgIpc) is 2.91. The zero-order valence-electron chi connectivity index (χ0n) is 19.6. The molecule has 0 aliphatic carbocycles. The standard InChI is InChI=1S/C28H30N4O3/c33-26(20-29-24-13-8-12-23(18-24)28(35)32-15-5-2-6-16-32)31-25-14-7-11-22(17-25)27(34)30-19-21-9-3-1-4-10-21/h1,3-4,7-14,17-18,29H,2,5-6,15-16,19-20H2,(H,30,34)(H,31,33). The molecule has 7 nitrogen and oxygen atoms in total. The fraction of sp³-hybridized carbons (Fsp3) is 0.250. The van der Waals surface area contributed by atoms with Crippen LogP contribution in [0, 0.1) is 0 Å². The highest BCUT2D eigenvalue weighted by atomic mass is 16.2. The minimum absolute atomic E-state index is 0.0279. The average molecular weight is 471 g/mol. The van der Waals surface area contributed by atoms with Crippen molar-refractivity contribution in [1.29, 1.82) is 0 Å². The number of piperidine rings is 1. The van der Waals surface area contributed by atoms with Crippen molar-refractivity contribution in [3.8, 4) is 0 Å². The number of anilines is 2. The number of benzene rings is 3. The maximum absolute atomic E-state index is 12.7. The third kappa shape index (κ3) is 6.93. The molecule has 35 heavy (non-hydrogen) atoms. The van der Waals surface area contributed by atoms with Gasteiger partial charge in [-0.1, -0.05) is 42.5 Å². The van der Waals surface area contributed by atoms with Gasteiger partial charge in [-0.05, 0) is 61.2 Å². The lowest BCUT2D eigenvalue weighted by Gasteiger charge is -2.26. The quantitative estimate of drug-likeness (QED) is 0.458. The Morgan fingerprint density at radius 1 is 0.743 bits per heavy atom. The second-order valence-corrected chi connectivity index (χ2v) is 8.58. The number of hydrogen-bond donors (Lipinski definition) is 3. The summed E-state index contributed by atoms with van der Waals surface area (Å²) >= 11 is 0. The van der Waals surface area contributed by atoms with Gasteiger partial charge in [0.1, 0.15) is 0 Å². The monoisotopic (exact) mass is 470 g/mol. The van der Waals surface area contributed by atoms with E-state index in [9.17, 15) is 14.4 Å². The summed E-state index contributed by atoms with van der Waals surface area (Å²) in [5.74, 6) is -0.432.